The molecule has 37 heavy (non-hydrogen) atoms. The molecule has 0 spiro atoms. The van der Waals surface area contributed by atoms with Crippen LogP contribution in [0.2, 0.25) is 0 Å². The summed E-state index contributed by atoms with van der Waals surface area (Å²) in [4.78, 5) is 23.1. The molecule has 0 aliphatic carbocycles. The molecule has 3 aliphatic rings. The smallest absolute Gasteiger partial charge is 0.374 e. The van der Waals surface area contributed by atoms with Crippen molar-refractivity contribution in [3.05, 3.63) is 108 Å². The number of rotatable bonds is 2. The largest absolute Gasteiger partial charge is 2.00 e. The average molecular weight is 668 g/mol. The number of fused-ring (bicyclic) bond motifs is 10. The second kappa shape index (κ2) is 8.90. The summed E-state index contributed by atoms with van der Waals surface area (Å²) in [6.07, 6.45) is 7.61. The van der Waals surface area contributed by atoms with Gasteiger partial charge in [0, 0.05) is 49.8 Å². The van der Waals surface area contributed by atoms with E-state index in [9.17, 15) is 0 Å². The van der Waals surface area contributed by atoms with Crippen molar-refractivity contribution in [2.75, 3.05) is 9.80 Å². The van der Waals surface area contributed by atoms with E-state index in [0.717, 1.165) is 11.4 Å². The van der Waals surface area contributed by atoms with E-state index >= 15 is 0 Å². The molecule has 0 saturated heterocycles. The molecule has 184 valence electrons. The van der Waals surface area contributed by atoms with Crippen molar-refractivity contribution in [1.82, 2.24) is 19.1 Å². The molecular formula is C26H20N10Pt. The van der Waals surface area contributed by atoms with E-state index in [4.69, 9.17) is 30.6 Å². The van der Waals surface area contributed by atoms with Gasteiger partial charge in [-0.15, -0.1) is 0 Å². The number of hydrogen-bond acceptors (Lipinski definition) is 6. The number of imidazole rings is 2. The SMILES string of the molecule is Cn1cc2nc1C1=CN(c3ccccc3)C(=Nc3cn(C)c(n3)C3=CN(c4ccccc4)C(=N2)[N-]3)[N-]1.[Pt+2]. The summed E-state index contributed by atoms with van der Waals surface area (Å²) < 4.78 is 3.82. The Bertz CT molecular complexity index is 1490. The Kier molecular flexibility index (Phi) is 5.53. The van der Waals surface area contributed by atoms with Gasteiger partial charge in [-0.3, -0.25) is 0 Å². The van der Waals surface area contributed by atoms with Gasteiger partial charge in [0.1, 0.15) is 23.3 Å². The molecule has 2 aromatic carbocycles. The molecule has 0 saturated carbocycles. The number of aryl methyl sites for hydroxylation is 2. The van der Waals surface area contributed by atoms with Crippen molar-refractivity contribution in [2.24, 2.45) is 24.1 Å². The number of aliphatic imine (C=N–C) groups is 2. The standard InChI is InChI=1S/C26H20N10.Pt/c1-33-15-21-29-23(33)19-13-35(17-9-5-3-6-10-17)25(27-19)32-22-16-34(2)24(30-22)20-14-36(26(28-20)31-21)18-11-7-4-8-12-18;/h3-16H,1-2H3;/q-2;+2. The van der Waals surface area contributed by atoms with Crippen LogP contribution in [0, 0.1) is 0 Å². The van der Waals surface area contributed by atoms with E-state index in [1.165, 1.54) is 0 Å². The van der Waals surface area contributed by atoms with Crippen LogP contribution in [0.5, 0.6) is 0 Å². The van der Waals surface area contributed by atoms with Gasteiger partial charge in [-0.2, -0.15) is 0 Å². The number of nitrogens with zero attached hydrogens (tertiary/aromatic N) is 10. The van der Waals surface area contributed by atoms with Crippen molar-refractivity contribution in [1.29, 1.82) is 0 Å². The zero-order valence-corrected chi connectivity index (χ0v) is 22.1. The van der Waals surface area contributed by atoms with Crippen LogP contribution in [0.25, 0.3) is 22.0 Å². The minimum absolute atomic E-state index is 0. The van der Waals surface area contributed by atoms with Crippen LogP contribution in [0.4, 0.5) is 23.0 Å². The topological polar surface area (TPSA) is 95.0 Å². The van der Waals surface area contributed by atoms with Crippen LogP contribution >= 0.6 is 0 Å². The molecule has 0 fully saturated rings. The first-order chi connectivity index (χ1) is 17.6. The predicted octanol–water partition coefficient (Wildman–Crippen LogP) is 5.22. The summed E-state index contributed by atoms with van der Waals surface area (Å²) in [5, 5.41) is 9.65. The number of guanidine groups is 2. The van der Waals surface area contributed by atoms with Gasteiger partial charge in [-0.05, 0) is 23.8 Å². The van der Waals surface area contributed by atoms with Gasteiger partial charge < -0.3 is 39.6 Å². The quantitative estimate of drug-likeness (QED) is 0.293. The number of para-hydroxylation sites is 2. The minimum atomic E-state index is 0. The van der Waals surface area contributed by atoms with Crippen LogP contribution < -0.4 is 9.80 Å². The first-order valence-electron chi connectivity index (χ1n) is 11.4. The van der Waals surface area contributed by atoms with Gasteiger partial charge in [0.2, 0.25) is 0 Å². The molecule has 8 bridgehead atoms. The third-order valence-electron chi connectivity index (χ3n) is 6.06. The molecule has 0 N–H and O–H groups in total. The summed E-state index contributed by atoms with van der Waals surface area (Å²) in [7, 11) is 3.86. The maximum absolute atomic E-state index is 4.83. The fourth-order valence-corrected chi connectivity index (χ4v) is 4.36. The zero-order valence-electron chi connectivity index (χ0n) is 19.9. The number of hydrogen-bond donors (Lipinski definition) is 0. The Morgan fingerprint density at radius 3 is 1.41 bits per heavy atom. The predicted molar refractivity (Wildman–Crippen MR) is 141 cm³/mol. The van der Waals surface area contributed by atoms with Gasteiger partial charge in [-0.1, -0.05) is 60.7 Å². The molecule has 2 aromatic heterocycles. The van der Waals surface area contributed by atoms with Gasteiger partial charge in [0.15, 0.2) is 0 Å². The maximum atomic E-state index is 4.83. The summed E-state index contributed by atoms with van der Waals surface area (Å²) in [6.45, 7) is 0. The molecule has 0 atom stereocenters. The number of benzene rings is 2. The minimum Gasteiger partial charge on any atom is -0.374 e. The van der Waals surface area contributed by atoms with Crippen molar-refractivity contribution < 1.29 is 21.1 Å². The van der Waals surface area contributed by atoms with Gasteiger partial charge in [0.05, 0.1) is 0 Å². The third-order valence-corrected chi connectivity index (χ3v) is 6.06. The average Bonchev–Trinajstić information content (AvgIpc) is 3.66. The molecule has 7 rings (SSSR count). The maximum Gasteiger partial charge on any atom is 2.00 e. The second-order valence-electron chi connectivity index (χ2n) is 8.55. The van der Waals surface area contributed by atoms with Crippen LogP contribution in [-0.2, 0) is 35.2 Å². The van der Waals surface area contributed by atoms with E-state index in [-0.39, 0.29) is 21.1 Å². The van der Waals surface area contributed by atoms with Crippen molar-refractivity contribution >= 4 is 46.3 Å². The van der Waals surface area contributed by atoms with Crippen molar-refractivity contribution in [3.63, 3.8) is 0 Å². The Morgan fingerprint density at radius 1 is 0.595 bits per heavy atom. The van der Waals surface area contributed by atoms with Crippen molar-refractivity contribution in [3.8, 4) is 0 Å². The van der Waals surface area contributed by atoms with E-state index < -0.39 is 0 Å². The molecule has 4 aromatic rings. The Labute approximate surface area is 227 Å². The molecule has 0 amide bonds. The fourth-order valence-electron chi connectivity index (χ4n) is 4.36. The van der Waals surface area contributed by atoms with Gasteiger partial charge in [-0.25, -0.2) is 9.97 Å². The second-order valence-corrected chi connectivity index (χ2v) is 8.55. The van der Waals surface area contributed by atoms with Gasteiger partial charge in [0.25, 0.3) is 0 Å². The van der Waals surface area contributed by atoms with Crippen molar-refractivity contribution in [2.45, 2.75) is 0 Å². The van der Waals surface area contributed by atoms with Gasteiger partial charge >= 0.3 is 21.1 Å². The summed E-state index contributed by atoms with van der Waals surface area (Å²) in [5.41, 5.74) is 3.25. The number of aromatic nitrogens is 4. The van der Waals surface area contributed by atoms with E-state index in [1.54, 1.807) is 0 Å². The third kappa shape index (κ3) is 3.95. The van der Waals surface area contributed by atoms with Crippen LogP contribution in [0.1, 0.15) is 11.6 Å². The van der Waals surface area contributed by atoms with Crippen LogP contribution in [-0.4, -0.2) is 31.0 Å². The first-order valence-corrected chi connectivity index (χ1v) is 11.4. The normalized spacial score (nSPS) is 15.5. The fraction of sp³-hybridized carbons (Fsp3) is 0.0769. The molecular weight excluding hydrogens is 647 g/mol. The molecule has 0 radical (unpaired) electrons. The summed E-state index contributed by atoms with van der Waals surface area (Å²) in [5.74, 6) is 3.44. The van der Waals surface area contributed by atoms with Crippen LogP contribution in [0.15, 0.2) is 95.4 Å². The molecule has 10 nitrogen and oxygen atoms in total. The molecule has 11 heteroatoms. The van der Waals surface area contributed by atoms with Crippen LogP contribution in [0.3, 0.4) is 0 Å². The zero-order chi connectivity index (χ0) is 24.2. The Balaban J connectivity index is 0.00000252. The molecule has 0 unspecified atom stereocenters. The molecule has 5 heterocycles. The Morgan fingerprint density at radius 2 is 1.00 bits per heavy atom. The van der Waals surface area contributed by atoms with E-state index in [0.29, 0.717) is 46.6 Å². The first kappa shape index (κ1) is 23.0. The monoisotopic (exact) mass is 667 g/mol. The summed E-state index contributed by atoms with van der Waals surface area (Å²) in [6, 6.07) is 20.0. The summed E-state index contributed by atoms with van der Waals surface area (Å²) >= 11 is 0. The van der Waals surface area contributed by atoms with E-state index in [2.05, 4.69) is 0 Å². The van der Waals surface area contributed by atoms with E-state index in [1.807, 2.05) is 118 Å². The number of anilines is 2. The Hall–Kier alpha value is -4.43. The molecule has 3 aliphatic heterocycles.